The molecule has 0 aliphatic rings. The van der Waals surface area contributed by atoms with Gasteiger partial charge in [-0.05, 0) is 25.0 Å². The highest BCUT2D eigenvalue weighted by Gasteiger charge is 2.27. The Morgan fingerprint density at radius 2 is 1.79 bits per heavy atom. The quantitative estimate of drug-likeness (QED) is 0.607. The van der Waals surface area contributed by atoms with Crippen LogP contribution in [0.5, 0.6) is 5.75 Å². The van der Waals surface area contributed by atoms with Gasteiger partial charge < -0.3 is 20.8 Å². The second kappa shape index (κ2) is 6.35. The molecule has 2 rings (SSSR count). The van der Waals surface area contributed by atoms with Gasteiger partial charge in [0.25, 0.3) is 17.6 Å². The molecule has 2 aromatic rings. The van der Waals surface area contributed by atoms with E-state index in [4.69, 9.17) is 16.2 Å². The third-order valence-electron chi connectivity index (χ3n) is 4.07. The predicted octanol–water partition coefficient (Wildman–Crippen LogP) is 1.04. The van der Waals surface area contributed by atoms with Crippen molar-refractivity contribution in [3.05, 3.63) is 29.5 Å². The number of hydrogen-bond donors (Lipinski definition) is 2. The van der Waals surface area contributed by atoms with E-state index in [1.54, 1.807) is 50.6 Å². The normalized spacial score (nSPS) is 12.4. The number of rotatable bonds is 6. The highest BCUT2D eigenvalue weighted by molar-refractivity contribution is 6.45. The molecule has 0 aliphatic carbocycles. The highest BCUT2D eigenvalue weighted by atomic mass is 16.5. The van der Waals surface area contributed by atoms with Crippen LogP contribution in [-0.2, 0) is 16.6 Å². The molecule has 1 aromatic carbocycles. The van der Waals surface area contributed by atoms with Gasteiger partial charge in [0.15, 0.2) is 6.10 Å². The van der Waals surface area contributed by atoms with Crippen LogP contribution in [0.25, 0.3) is 10.9 Å². The number of ether oxygens (including phenoxy) is 1. The van der Waals surface area contributed by atoms with Crippen LogP contribution in [-0.4, -0.2) is 28.3 Å². The molecule has 0 aliphatic heterocycles. The number of nitrogens with zero attached hydrogens (tertiary/aromatic N) is 1. The number of benzene rings is 1. The number of carbonyl (C=O) groups excluding carboxylic acids is 3. The van der Waals surface area contributed by atoms with Gasteiger partial charge in [-0.25, -0.2) is 0 Å². The van der Waals surface area contributed by atoms with Crippen LogP contribution in [0.15, 0.2) is 18.2 Å². The monoisotopic (exact) mass is 331 g/mol. The minimum atomic E-state index is -1.05. The van der Waals surface area contributed by atoms with Crippen molar-refractivity contribution in [2.45, 2.75) is 26.9 Å². The molecule has 1 aromatic heterocycles. The van der Waals surface area contributed by atoms with Crippen molar-refractivity contribution in [3.8, 4) is 5.75 Å². The lowest BCUT2D eigenvalue weighted by Gasteiger charge is -2.20. The Morgan fingerprint density at radius 1 is 1.17 bits per heavy atom. The summed E-state index contributed by atoms with van der Waals surface area (Å²) < 4.78 is 7.57. The van der Waals surface area contributed by atoms with Crippen molar-refractivity contribution in [2.24, 2.45) is 24.4 Å². The zero-order valence-corrected chi connectivity index (χ0v) is 14.1. The van der Waals surface area contributed by atoms with E-state index in [1.807, 2.05) is 0 Å². The van der Waals surface area contributed by atoms with Gasteiger partial charge in [0.05, 0.1) is 16.5 Å². The van der Waals surface area contributed by atoms with E-state index in [0.717, 1.165) is 0 Å². The van der Waals surface area contributed by atoms with E-state index < -0.39 is 23.7 Å². The first-order chi connectivity index (χ1) is 11.2. The van der Waals surface area contributed by atoms with Gasteiger partial charge in [-0.2, -0.15) is 0 Å². The standard InChI is InChI=1S/C17H21N3O4/c1-8(2)15(17(19)23)24-11-7-5-6-10-13(11)12(9(3)20(10)4)14(21)16(18)22/h5-8,15H,1-4H3,(H2,18,22)(H2,19,23). The Hall–Kier alpha value is -2.83. The number of ketones is 1. The molecule has 1 unspecified atom stereocenters. The Labute approximate surface area is 139 Å². The van der Waals surface area contributed by atoms with E-state index in [1.165, 1.54) is 0 Å². The van der Waals surface area contributed by atoms with Gasteiger partial charge in [0.2, 0.25) is 0 Å². The lowest BCUT2D eigenvalue weighted by molar-refractivity contribution is -0.126. The summed E-state index contributed by atoms with van der Waals surface area (Å²) in [6.45, 7) is 5.33. The number of aryl methyl sites for hydroxylation is 1. The molecule has 0 radical (unpaired) electrons. The second-order valence-electron chi connectivity index (χ2n) is 6.05. The number of aromatic nitrogens is 1. The Bertz CT molecular complexity index is 836. The Morgan fingerprint density at radius 3 is 2.29 bits per heavy atom. The first kappa shape index (κ1) is 17.5. The summed E-state index contributed by atoms with van der Waals surface area (Å²) in [6, 6.07) is 5.17. The molecule has 7 heteroatoms. The molecule has 0 fully saturated rings. The molecule has 0 saturated heterocycles. The molecule has 24 heavy (non-hydrogen) atoms. The fourth-order valence-electron chi connectivity index (χ4n) is 2.74. The fourth-order valence-corrected chi connectivity index (χ4v) is 2.74. The van der Waals surface area contributed by atoms with Crippen molar-refractivity contribution in [3.63, 3.8) is 0 Å². The van der Waals surface area contributed by atoms with Crippen LogP contribution in [0, 0.1) is 12.8 Å². The number of carbonyl (C=O) groups is 3. The summed E-state index contributed by atoms with van der Waals surface area (Å²) in [5.41, 5.74) is 12.0. The lowest BCUT2D eigenvalue weighted by atomic mass is 10.0. The largest absolute Gasteiger partial charge is 0.480 e. The van der Waals surface area contributed by atoms with Gasteiger partial charge in [0, 0.05) is 12.7 Å². The maximum absolute atomic E-state index is 12.3. The minimum Gasteiger partial charge on any atom is -0.480 e. The Balaban J connectivity index is 2.72. The van der Waals surface area contributed by atoms with Crippen LogP contribution in [0.4, 0.5) is 0 Å². The maximum atomic E-state index is 12.3. The van der Waals surface area contributed by atoms with E-state index in [0.29, 0.717) is 22.3 Å². The summed E-state index contributed by atoms with van der Waals surface area (Å²) in [5.74, 6) is -2.28. The molecule has 2 amide bonds. The Kier molecular flexibility index (Phi) is 4.64. The number of nitrogens with two attached hydrogens (primary N) is 2. The second-order valence-corrected chi connectivity index (χ2v) is 6.05. The van der Waals surface area contributed by atoms with Crippen LogP contribution >= 0.6 is 0 Å². The van der Waals surface area contributed by atoms with E-state index in [-0.39, 0.29) is 11.5 Å². The summed E-state index contributed by atoms with van der Waals surface area (Å²) >= 11 is 0. The van der Waals surface area contributed by atoms with Gasteiger partial charge in [-0.15, -0.1) is 0 Å². The molecular weight excluding hydrogens is 310 g/mol. The highest BCUT2D eigenvalue weighted by Crippen LogP contribution is 2.34. The average molecular weight is 331 g/mol. The number of Topliss-reactive ketones (excluding diaryl/α,β-unsaturated/α-hetero) is 1. The molecule has 4 N–H and O–H groups in total. The van der Waals surface area contributed by atoms with Crippen LogP contribution in [0.3, 0.4) is 0 Å². The molecule has 7 nitrogen and oxygen atoms in total. The SMILES string of the molecule is Cc1c(C(=O)C(N)=O)c2c(OC(C(N)=O)C(C)C)cccc2n1C. The fraction of sp³-hybridized carbons (Fsp3) is 0.353. The van der Waals surface area contributed by atoms with E-state index in [2.05, 4.69) is 0 Å². The van der Waals surface area contributed by atoms with Crippen LogP contribution in [0.2, 0.25) is 0 Å². The molecule has 1 heterocycles. The lowest BCUT2D eigenvalue weighted by Crippen LogP contribution is -2.38. The van der Waals surface area contributed by atoms with Gasteiger partial charge in [-0.1, -0.05) is 19.9 Å². The number of primary amides is 2. The van der Waals surface area contributed by atoms with Crippen molar-refractivity contribution in [1.82, 2.24) is 4.57 Å². The molecule has 128 valence electrons. The predicted molar refractivity (Wildman–Crippen MR) is 89.6 cm³/mol. The molecule has 0 saturated carbocycles. The number of fused-ring (bicyclic) bond motifs is 1. The van der Waals surface area contributed by atoms with Crippen molar-refractivity contribution in [1.29, 1.82) is 0 Å². The molecule has 0 bridgehead atoms. The first-order valence-electron chi connectivity index (χ1n) is 7.54. The van der Waals surface area contributed by atoms with Gasteiger partial charge >= 0.3 is 0 Å². The van der Waals surface area contributed by atoms with Crippen molar-refractivity contribution in [2.75, 3.05) is 0 Å². The third kappa shape index (κ3) is 2.84. The molecule has 1 atom stereocenters. The average Bonchev–Trinajstić information content (AvgIpc) is 2.76. The zero-order chi connectivity index (χ0) is 18.2. The molecule has 0 spiro atoms. The summed E-state index contributed by atoms with van der Waals surface area (Å²) in [6.07, 6.45) is -0.854. The van der Waals surface area contributed by atoms with Crippen molar-refractivity contribution >= 4 is 28.5 Å². The number of amides is 2. The smallest absolute Gasteiger partial charge is 0.289 e. The summed E-state index contributed by atoms with van der Waals surface area (Å²) in [4.78, 5) is 35.3. The molecular formula is C17H21N3O4. The number of hydrogen-bond acceptors (Lipinski definition) is 4. The van der Waals surface area contributed by atoms with Crippen LogP contribution in [0.1, 0.15) is 29.9 Å². The van der Waals surface area contributed by atoms with Gasteiger partial charge in [0.1, 0.15) is 5.75 Å². The minimum absolute atomic E-state index is 0.155. The third-order valence-corrected chi connectivity index (χ3v) is 4.07. The topological polar surface area (TPSA) is 117 Å². The summed E-state index contributed by atoms with van der Waals surface area (Å²) in [5, 5.41) is 0.452. The summed E-state index contributed by atoms with van der Waals surface area (Å²) in [7, 11) is 1.77. The maximum Gasteiger partial charge on any atom is 0.289 e. The van der Waals surface area contributed by atoms with E-state index in [9.17, 15) is 14.4 Å². The zero-order valence-electron chi connectivity index (χ0n) is 14.1. The van der Waals surface area contributed by atoms with E-state index >= 15 is 0 Å². The van der Waals surface area contributed by atoms with Crippen LogP contribution < -0.4 is 16.2 Å². The first-order valence-corrected chi connectivity index (χ1v) is 7.54. The van der Waals surface area contributed by atoms with Gasteiger partial charge in [-0.3, -0.25) is 14.4 Å². The van der Waals surface area contributed by atoms with Crippen molar-refractivity contribution < 1.29 is 19.1 Å².